The second-order valence-electron chi connectivity index (χ2n) is 8.67. The number of ether oxygens (including phenoxy) is 2. The van der Waals surface area contributed by atoms with Crippen LogP contribution in [0.25, 0.3) is 10.9 Å². The third kappa shape index (κ3) is 5.95. The number of methoxy groups -OCH3 is 2. The molecule has 2 aromatic carbocycles. The van der Waals surface area contributed by atoms with Crippen LogP contribution in [0.5, 0.6) is 5.75 Å². The van der Waals surface area contributed by atoms with E-state index in [1.165, 1.54) is 12.1 Å². The van der Waals surface area contributed by atoms with Gasteiger partial charge in [0.1, 0.15) is 11.6 Å². The van der Waals surface area contributed by atoms with E-state index in [2.05, 4.69) is 32.3 Å². The third-order valence-electron chi connectivity index (χ3n) is 6.17. The molecule has 10 heteroatoms. The van der Waals surface area contributed by atoms with Gasteiger partial charge < -0.3 is 14.5 Å². The van der Waals surface area contributed by atoms with Gasteiger partial charge in [-0.15, -0.1) is 5.10 Å². The average molecular weight is 495 g/mol. The number of nitrogens with one attached hydrogen (secondary N) is 1. The molecule has 0 saturated heterocycles. The number of hydrogen-bond acceptors (Lipinski definition) is 7. The summed E-state index contributed by atoms with van der Waals surface area (Å²) in [6.45, 7) is 3.92. The molecule has 4 aromatic rings. The van der Waals surface area contributed by atoms with Crippen LogP contribution in [0.4, 0.5) is 4.39 Å². The molecule has 1 N–H and O–H groups in total. The summed E-state index contributed by atoms with van der Waals surface area (Å²) in [7, 11) is 3.25. The predicted molar refractivity (Wildman–Crippen MR) is 134 cm³/mol. The molecule has 190 valence electrons. The van der Waals surface area contributed by atoms with Crippen molar-refractivity contribution in [2.24, 2.45) is 0 Å². The van der Waals surface area contributed by atoms with Gasteiger partial charge in [0.15, 0.2) is 5.82 Å². The monoisotopic (exact) mass is 494 g/mol. The van der Waals surface area contributed by atoms with E-state index in [-0.39, 0.29) is 17.4 Å². The molecule has 0 aliphatic rings. The molecular formula is C26H31FN6O3. The first-order valence-corrected chi connectivity index (χ1v) is 12.0. The number of hydrogen-bond donors (Lipinski definition) is 1. The highest BCUT2D eigenvalue weighted by molar-refractivity contribution is 5.80. The molecule has 2 heterocycles. The summed E-state index contributed by atoms with van der Waals surface area (Å²) in [6.07, 6.45) is 1.65. The maximum absolute atomic E-state index is 13.6. The van der Waals surface area contributed by atoms with Crippen molar-refractivity contribution in [2.45, 2.75) is 45.4 Å². The zero-order chi connectivity index (χ0) is 25.5. The summed E-state index contributed by atoms with van der Waals surface area (Å²) >= 11 is 0. The number of benzene rings is 2. The van der Waals surface area contributed by atoms with Gasteiger partial charge in [-0.2, -0.15) is 0 Å². The van der Waals surface area contributed by atoms with Gasteiger partial charge in [0, 0.05) is 36.7 Å². The van der Waals surface area contributed by atoms with Gasteiger partial charge in [0.25, 0.3) is 5.56 Å². The van der Waals surface area contributed by atoms with Crippen molar-refractivity contribution in [1.29, 1.82) is 0 Å². The molecule has 0 bridgehead atoms. The van der Waals surface area contributed by atoms with Crippen LogP contribution >= 0.6 is 0 Å². The molecule has 2 aromatic heterocycles. The molecule has 0 fully saturated rings. The van der Waals surface area contributed by atoms with E-state index >= 15 is 0 Å². The molecular weight excluding hydrogens is 463 g/mol. The van der Waals surface area contributed by atoms with Gasteiger partial charge in [-0.3, -0.25) is 9.69 Å². The minimum absolute atomic E-state index is 0.161. The van der Waals surface area contributed by atoms with E-state index in [0.717, 1.165) is 29.3 Å². The Hall–Kier alpha value is -3.63. The zero-order valence-electron chi connectivity index (χ0n) is 20.8. The highest BCUT2D eigenvalue weighted by atomic mass is 19.1. The molecule has 0 amide bonds. The number of pyridine rings is 1. The first-order chi connectivity index (χ1) is 17.5. The molecule has 1 unspecified atom stereocenters. The zero-order valence-corrected chi connectivity index (χ0v) is 20.8. The van der Waals surface area contributed by atoms with Crippen molar-refractivity contribution in [3.05, 3.63) is 81.7 Å². The SMILES string of the molecule is CCCC(c1nnnn1CCOC)N(Cc1ccc(F)cc1)Cc1cc2cc(OC)ccc2[nH]c1=O. The molecule has 9 nitrogen and oxygen atoms in total. The number of rotatable bonds is 12. The Kier molecular flexibility index (Phi) is 8.40. The minimum atomic E-state index is -0.293. The number of tetrazole rings is 1. The van der Waals surface area contributed by atoms with E-state index in [1.807, 2.05) is 24.3 Å². The van der Waals surface area contributed by atoms with E-state index in [4.69, 9.17) is 9.47 Å². The third-order valence-corrected chi connectivity index (χ3v) is 6.17. The number of aromatic amines is 1. The van der Waals surface area contributed by atoms with Crippen LogP contribution in [-0.4, -0.2) is 50.9 Å². The summed E-state index contributed by atoms with van der Waals surface area (Å²) in [4.78, 5) is 18.2. The Balaban J connectivity index is 1.75. The van der Waals surface area contributed by atoms with Crippen LogP contribution in [0.3, 0.4) is 0 Å². The Bertz CT molecular complexity index is 1340. The number of fused-ring (bicyclic) bond motifs is 1. The van der Waals surface area contributed by atoms with Crippen LogP contribution in [0.2, 0.25) is 0 Å². The van der Waals surface area contributed by atoms with Crippen LogP contribution in [0.1, 0.15) is 42.8 Å². The fourth-order valence-electron chi connectivity index (χ4n) is 4.33. The predicted octanol–water partition coefficient (Wildman–Crippen LogP) is 3.85. The van der Waals surface area contributed by atoms with Gasteiger partial charge >= 0.3 is 0 Å². The number of halogens is 1. The molecule has 1 atom stereocenters. The quantitative estimate of drug-likeness (QED) is 0.319. The maximum Gasteiger partial charge on any atom is 0.252 e. The van der Waals surface area contributed by atoms with E-state index in [1.54, 1.807) is 31.0 Å². The molecule has 0 aliphatic heterocycles. The second kappa shape index (κ2) is 11.9. The molecule has 0 saturated carbocycles. The topological polar surface area (TPSA) is 98.2 Å². The molecule has 36 heavy (non-hydrogen) atoms. The number of aromatic nitrogens is 5. The van der Waals surface area contributed by atoms with Crippen molar-refractivity contribution < 1.29 is 13.9 Å². The van der Waals surface area contributed by atoms with E-state index in [9.17, 15) is 9.18 Å². The lowest BCUT2D eigenvalue weighted by molar-refractivity contribution is 0.147. The summed E-state index contributed by atoms with van der Waals surface area (Å²) in [5, 5.41) is 13.3. The summed E-state index contributed by atoms with van der Waals surface area (Å²) < 4.78 is 25.9. The van der Waals surface area contributed by atoms with Crippen LogP contribution in [-0.2, 0) is 24.4 Å². The average Bonchev–Trinajstić information content (AvgIpc) is 3.35. The van der Waals surface area contributed by atoms with Crippen molar-refractivity contribution in [2.75, 3.05) is 20.8 Å². The smallest absolute Gasteiger partial charge is 0.252 e. The highest BCUT2D eigenvalue weighted by Crippen LogP contribution is 2.28. The Labute approximate surface area is 208 Å². The number of H-pyrrole nitrogens is 1. The normalized spacial score (nSPS) is 12.4. The lowest BCUT2D eigenvalue weighted by Gasteiger charge is -2.31. The highest BCUT2D eigenvalue weighted by Gasteiger charge is 2.27. The van der Waals surface area contributed by atoms with E-state index < -0.39 is 0 Å². The summed E-state index contributed by atoms with van der Waals surface area (Å²) in [5.41, 5.74) is 2.11. The lowest BCUT2D eigenvalue weighted by atomic mass is 10.1. The van der Waals surface area contributed by atoms with Gasteiger partial charge in [0.05, 0.1) is 26.3 Å². The van der Waals surface area contributed by atoms with Crippen molar-refractivity contribution >= 4 is 10.9 Å². The van der Waals surface area contributed by atoms with Crippen LogP contribution in [0.15, 0.2) is 53.3 Å². The largest absolute Gasteiger partial charge is 0.497 e. The fourth-order valence-corrected chi connectivity index (χ4v) is 4.33. The molecule has 0 aliphatic carbocycles. The first-order valence-electron chi connectivity index (χ1n) is 12.0. The van der Waals surface area contributed by atoms with E-state index in [0.29, 0.717) is 43.4 Å². The standard InChI is InChI=1S/C26H31FN6O3/c1-4-5-24(25-29-30-31-33(25)12-13-35-2)32(16-18-6-8-21(27)9-7-18)17-20-14-19-15-22(36-3)10-11-23(19)28-26(20)34/h6-11,14-15,24H,4-5,12-13,16-17H2,1-3H3,(H,28,34). The van der Waals surface area contributed by atoms with Crippen LogP contribution in [0, 0.1) is 5.82 Å². The minimum Gasteiger partial charge on any atom is -0.497 e. The molecule has 4 rings (SSSR count). The van der Waals surface area contributed by atoms with Crippen LogP contribution < -0.4 is 10.3 Å². The van der Waals surface area contributed by atoms with Crippen molar-refractivity contribution in [3.63, 3.8) is 0 Å². The van der Waals surface area contributed by atoms with Gasteiger partial charge in [-0.1, -0.05) is 25.5 Å². The van der Waals surface area contributed by atoms with Gasteiger partial charge in [-0.25, -0.2) is 9.07 Å². The van der Waals surface area contributed by atoms with Crippen molar-refractivity contribution in [3.8, 4) is 5.75 Å². The maximum atomic E-state index is 13.6. The lowest BCUT2D eigenvalue weighted by Crippen LogP contribution is -2.33. The number of nitrogens with zero attached hydrogens (tertiary/aromatic N) is 5. The van der Waals surface area contributed by atoms with Crippen molar-refractivity contribution in [1.82, 2.24) is 30.1 Å². The Morgan fingerprint density at radius 2 is 1.92 bits per heavy atom. The summed E-state index contributed by atoms with van der Waals surface area (Å²) in [6, 6.07) is 13.7. The second-order valence-corrected chi connectivity index (χ2v) is 8.67. The fraction of sp³-hybridized carbons (Fsp3) is 0.385. The Morgan fingerprint density at radius 3 is 2.64 bits per heavy atom. The Morgan fingerprint density at radius 1 is 1.11 bits per heavy atom. The van der Waals surface area contributed by atoms with Gasteiger partial charge in [0.2, 0.25) is 0 Å². The first kappa shape index (κ1) is 25.5. The van der Waals surface area contributed by atoms with Gasteiger partial charge in [-0.05, 0) is 58.8 Å². The molecule has 0 radical (unpaired) electrons. The summed E-state index contributed by atoms with van der Waals surface area (Å²) in [5.74, 6) is 1.12. The molecule has 0 spiro atoms.